The topological polar surface area (TPSA) is 18.5 Å². The molecule has 2 rings (SSSR count). The summed E-state index contributed by atoms with van der Waals surface area (Å²) in [4.78, 5) is 0. The third-order valence-corrected chi connectivity index (χ3v) is 3.87. The van der Waals surface area contributed by atoms with E-state index in [1.165, 1.54) is 5.56 Å². The molecular formula is C13H17BrO2. The number of ether oxygens (including phenoxy) is 2. The molecule has 3 heteroatoms. The highest BCUT2D eigenvalue weighted by Crippen LogP contribution is 2.39. The monoisotopic (exact) mass is 284 g/mol. The highest BCUT2D eigenvalue weighted by Gasteiger charge is 2.38. The van der Waals surface area contributed by atoms with E-state index < -0.39 is 5.79 Å². The minimum Gasteiger partial charge on any atom is -0.343 e. The molecule has 1 aliphatic rings. The molecule has 0 saturated carbocycles. The van der Waals surface area contributed by atoms with Gasteiger partial charge in [-0.2, -0.15) is 0 Å². The number of rotatable bonds is 3. The molecule has 0 amide bonds. The third kappa shape index (κ3) is 2.04. The van der Waals surface area contributed by atoms with Gasteiger partial charge >= 0.3 is 0 Å². The van der Waals surface area contributed by atoms with Crippen molar-refractivity contribution in [3.8, 4) is 0 Å². The van der Waals surface area contributed by atoms with Crippen molar-refractivity contribution in [3.63, 3.8) is 0 Å². The Morgan fingerprint density at radius 2 is 2.00 bits per heavy atom. The summed E-state index contributed by atoms with van der Waals surface area (Å²) < 4.78 is 12.8. The van der Waals surface area contributed by atoms with Crippen molar-refractivity contribution in [3.05, 3.63) is 33.8 Å². The van der Waals surface area contributed by atoms with Crippen molar-refractivity contribution in [2.45, 2.75) is 32.5 Å². The summed E-state index contributed by atoms with van der Waals surface area (Å²) in [6.07, 6.45) is 1.95. The standard InChI is InChI=1S/C13H17BrO2/c1-3-7-13(15-8-9-16-13)11-5-4-6-12(14)10(11)2/h4-6H,3,7-9H2,1-2H3. The molecule has 16 heavy (non-hydrogen) atoms. The van der Waals surface area contributed by atoms with Gasteiger partial charge < -0.3 is 9.47 Å². The lowest BCUT2D eigenvalue weighted by Gasteiger charge is -2.29. The van der Waals surface area contributed by atoms with Crippen molar-refractivity contribution in [1.29, 1.82) is 0 Å². The quantitative estimate of drug-likeness (QED) is 0.842. The summed E-state index contributed by atoms with van der Waals surface area (Å²) in [5.41, 5.74) is 2.36. The summed E-state index contributed by atoms with van der Waals surface area (Å²) >= 11 is 3.56. The van der Waals surface area contributed by atoms with Crippen LogP contribution in [0.25, 0.3) is 0 Å². The molecule has 1 heterocycles. The van der Waals surface area contributed by atoms with Crippen LogP contribution >= 0.6 is 15.9 Å². The Morgan fingerprint density at radius 1 is 1.31 bits per heavy atom. The molecule has 0 aliphatic carbocycles. The maximum Gasteiger partial charge on any atom is 0.195 e. The van der Waals surface area contributed by atoms with Crippen LogP contribution in [0.4, 0.5) is 0 Å². The van der Waals surface area contributed by atoms with Crippen molar-refractivity contribution < 1.29 is 9.47 Å². The maximum absolute atomic E-state index is 5.86. The Bertz CT molecular complexity index is 370. The van der Waals surface area contributed by atoms with Crippen molar-refractivity contribution in [2.75, 3.05) is 13.2 Å². The summed E-state index contributed by atoms with van der Waals surface area (Å²) in [6, 6.07) is 6.18. The van der Waals surface area contributed by atoms with Gasteiger partial charge in [-0.3, -0.25) is 0 Å². The van der Waals surface area contributed by atoms with E-state index in [2.05, 4.69) is 35.8 Å². The van der Waals surface area contributed by atoms with Crippen LogP contribution in [0.2, 0.25) is 0 Å². The van der Waals surface area contributed by atoms with Crippen LogP contribution in [0, 0.1) is 6.92 Å². The first-order chi connectivity index (χ1) is 7.69. The fourth-order valence-corrected chi connectivity index (χ4v) is 2.60. The summed E-state index contributed by atoms with van der Waals surface area (Å²) in [5, 5.41) is 0. The second kappa shape index (κ2) is 4.86. The lowest BCUT2D eigenvalue weighted by atomic mass is 9.96. The molecule has 1 fully saturated rings. The zero-order valence-corrected chi connectivity index (χ0v) is 11.3. The SMILES string of the molecule is CCCC1(c2cccc(Br)c2C)OCCO1. The third-order valence-electron chi connectivity index (χ3n) is 3.01. The molecule has 0 spiro atoms. The molecule has 0 bridgehead atoms. The smallest absolute Gasteiger partial charge is 0.195 e. The molecule has 1 aromatic rings. The fraction of sp³-hybridized carbons (Fsp3) is 0.538. The van der Waals surface area contributed by atoms with Gasteiger partial charge in [-0.25, -0.2) is 0 Å². The van der Waals surface area contributed by atoms with Crippen LogP contribution in [0.15, 0.2) is 22.7 Å². The summed E-state index contributed by atoms with van der Waals surface area (Å²) in [6.45, 7) is 5.62. The van der Waals surface area contributed by atoms with Crippen LogP contribution in [0.3, 0.4) is 0 Å². The molecule has 1 aliphatic heterocycles. The van der Waals surface area contributed by atoms with Crippen LogP contribution < -0.4 is 0 Å². The Labute approximate surface area is 105 Å². The first kappa shape index (κ1) is 12.1. The van der Waals surface area contributed by atoms with E-state index >= 15 is 0 Å². The Hall–Kier alpha value is -0.380. The van der Waals surface area contributed by atoms with Crippen molar-refractivity contribution >= 4 is 15.9 Å². The van der Waals surface area contributed by atoms with Crippen LogP contribution in [0.5, 0.6) is 0 Å². The normalized spacial score (nSPS) is 18.9. The second-order valence-electron chi connectivity index (χ2n) is 4.11. The summed E-state index contributed by atoms with van der Waals surface area (Å²) in [7, 11) is 0. The first-order valence-electron chi connectivity index (χ1n) is 5.73. The molecule has 1 saturated heterocycles. The molecule has 88 valence electrons. The van der Waals surface area contributed by atoms with Gasteiger partial charge in [0.25, 0.3) is 0 Å². The van der Waals surface area contributed by atoms with Gasteiger partial charge in [0.1, 0.15) is 0 Å². The number of hydrogen-bond acceptors (Lipinski definition) is 2. The van der Waals surface area contributed by atoms with Gasteiger partial charge in [-0.1, -0.05) is 41.4 Å². The van der Waals surface area contributed by atoms with E-state index in [1.807, 2.05) is 12.1 Å². The maximum atomic E-state index is 5.86. The van der Waals surface area contributed by atoms with Crippen molar-refractivity contribution in [2.24, 2.45) is 0 Å². The highest BCUT2D eigenvalue weighted by atomic mass is 79.9. The fourth-order valence-electron chi connectivity index (χ4n) is 2.24. The zero-order valence-electron chi connectivity index (χ0n) is 9.75. The Kier molecular flexibility index (Phi) is 3.67. The average molecular weight is 285 g/mol. The lowest BCUT2D eigenvalue weighted by Crippen LogP contribution is -2.28. The zero-order chi connectivity index (χ0) is 11.6. The minimum atomic E-state index is -0.511. The van der Waals surface area contributed by atoms with E-state index in [0.29, 0.717) is 13.2 Å². The van der Waals surface area contributed by atoms with Gasteiger partial charge in [0, 0.05) is 16.5 Å². The Balaban J connectivity index is 2.42. The first-order valence-corrected chi connectivity index (χ1v) is 6.52. The molecular weight excluding hydrogens is 268 g/mol. The van der Waals surface area contributed by atoms with E-state index in [1.54, 1.807) is 0 Å². The van der Waals surface area contributed by atoms with Crippen LogP contribution in [-0.4, -0.2) is 13.2 Å². The molecule has 2 nitrogen and oxygen atoms in total. The van der Waals surface area contributed by atoms with Gasteiger partial charge in [0.05, 0.1) is 13.2 Å². The highest BCUT2D eigenvalue weighted by molar-refractivity contribution is 9.10. The molecule has 0 N–H and O–H groups in total. The number of hydrogen-bond donors (Lipinski definition) is 0. The van der Waals surface area contributed by atoms with Crippen molar-refractivity contribution in [1.82, 2.24) is 0 Å². The largest absolute Gasteiger partial charge is 0.343 e. The van der Waals surface area contributed by atoms with E-state index in [0.717, 1.165) is 22.9 Å². The Morgan fingerprint density at radius 3 is 2.62 bits per heavy atom. The molecule has 1 aromatic carbocycles. The van der Waals surface area contributed by atoms with Crippen LogP contribution in [-0.2, 0) is 15.3 Å². The molecule has 0 aromatic heterocycles. The lowest BCUT2D eigenvalue weighted by molar-refractivity contribution is -0.171. The van der Waals surface area contributed by atoms with Crippen LogP contribution in [0.1, 0.15) is 30.9 Å². The van der Waals surface area contributed by atoms with E-state index in [-0.39, 0.29) is 0 Å². The van der Waals surface area contributed by atoms with E-state index in [4.69, 9.17) is 9.47 Å². The molecule has 0 atom stereocenters. The van der Waals surface area contributed by atoms with Gasteiger partial charge in [-0.05, 0) is 18.6 Å². The predicted molar refractivity (Wildman–Crippen MR) is 67.4 cm³/mol. The van der Waals surface area contributed by atoms with Gasteiger partial charge in [0.15, 0.2) is 5.79 Å². The second-order valence-corrected chi connectivity index (χ2v) is 4.97. The number of benzene rings is 1. The number of halogens is 1. The van der Waals surface area contributed by atoms with E-state index in [9.17, 15) is 0 Å². The molecule has 0 unspecified atom stereocenters. The predicted octanol–water partition coefficient (Wildman–Crippen LogP) is 3.76. The van der Waals surface area contributed by atoms with Gasteiger partial charge in [0.2, 0.25) is 0 Å². The molecule has 0 radical (unpaired) electrons. The van der Waals surface area contributed by atoms with Gasteiger partial charge in [-0.15, -0.1) is 0 Å². The average Bonchev–Trinajstić information content (AvgIpc) is 2.72. The minimum absolute atomic E-state index is 0.511. The summed E-state index contributed by atoms with van der Waals surface area (Å²) in [5.74, 6) is -0.511.